The molecule has 2 amide bonds. The van der Waals surface area contributed by atoms with E-state index in [1.54, 1.807) is 0 Å². The molecule has 1 aliphatic heterocycles. The van der Waals surface area contributed by atoms with Gasteiger partial charge in [-0.25, -0.2) is 0 Å². The topological polar surface area (TPSA) is 89.3 Å². The van der Waals surface area contributed by atoms with Crippen molar-refractivity contribution in [2.24, 2.45) is 7.05 Å². The Balaban J connectivity index is 1.38. The number of nitrogens with zero attached hydrogens (tertiary/aromatic N) is 4. The van der Waals surface area contributed by atoms with E-state index in [1.165, 1.54) is 11.8 Å². The van der Waals surface area contributed by atoms with E-state index in [9.17, 15) is 9.59 Å². The summed E-state index contributed by atoms with van der Waals surface area (Å²) < 4.78 is 7.31. The molecule has 1 N–H and O–H groups in total. The molecule has 9 heteroatoms. The van der Waals surface area contributed by atoms with Gasteiger partial charge in [-0.3, -0.25) is 9.59 Å². The Hall–Kier alpha value is -3.33. The Morgan fingerprint density at radius 1 is 1.18 bits per heavy atom. The summed E-state index contributed by atoms with van der Waals surface area (Å²) in [4.78, 5) is 27.5. The molecule has 3 aromatic rings. The summed E-state index contributed by atoms with van der Waals surface area (Å²) in [5.74, 6) is 1.60. The molecule has 1 aromatic heterocycles. The highest BCUT2D eigenvalue weighted by Crippen LogP contribution is 2.33. The predicted molar refractivity (Wildman–Crippen MR) is 132 cm³/mol. The van der Waals surface area contributed by atoms with Crippen LogP contribution >= 0.6 is 11.8 Å². The van der Waals surface area contributed by atoms with E-state index in [0.717, 1.165) is 30.0 Å². The summed E-state index contributed by atoms with van der Waals surface area (Å²) >= 11 is 1.32. The number of carbonyl (C=O) groups is 2. The van der Waals surface area contributed by atoms with Crippen LogP contribution in [0.1, 0.15) is 47.6 Å². The zero-order valence-corrected chi connectivity index (χ0v) is 20.5. The standard InChI is InChI=1S/C25H29N5O3S/c1-4-33-20-12-10-19(11-13-20)26-22(31)16-34-25-28-27-23(29(25)3)21-9-6-14-30(21)24(32)18-8-5-7-17(2)15-18/h5,7-8,10-13,15,21H,4,6,9,14,16H2,1-3H3,(H,26,31). The van der Waals surface area contributed by atoms with Gasteiger partial charge in [0.2, 0.25) is 5.91 Å². The number of rotatable bonds is 8. The monoisotopic (exact) mass is 479 g/mol. The van der Waals surface area contributed by atoms with E-state index in [1.807, 2.05) is 78.9 Å². The lowest BCUT2D eigenvalue weighted by Crippen LogP contribution is -2.32. The predicted octanol–water partition coefficient (Wildman–Crippen LogP) is 4.23. The van der Waals surface area contributed by atoms with Gasteiger partial charge < -0.3 is 19.5 Å². The Morgan fingerprint density at radius 3 is 2.71 bits per heavy atom. The molecule has 2 aromatic carbocycles. The van der Waals surface area contributed by atoms with Gasteiger partial charge in [-0.05, 0) is 63.1 Å². The third-order valence-corrected chi connectivity index (χ3v) is 6.75. The molecule has 1 saturated heterocycles. The number of likely N-dealkylation sites (tertiary alicyclic amines) is 1. The summed E-state index contributed by atoms with van der Waals surface area (Å²) in [5, 5.41) is 12.2. The summed E-state index contributed by atoms with van der Waals surface area (Å²) in [6, 6.07) is 14.8. The van der Waals surface area contributed by atoms with Gasteiger partial charge in [0.1, 0.15) is 5.75 Å². The number of nitrogens with one attached hydrogen (secondary N) is 1. The zero-order valence-electron chi connectivity index (χ0n) is 19.7. The van der Waals surface area contributed by atoms with E-state index in [-0.39, 0.29) is 23.6 Å². The van der Waals surface area contributed by atoms with Crippen LogP contribution in [0.3, 0.4) is 0 Å². The minimum atomic E-state index is -0.129. The summed E-state index contributed by atoms with van der Waals surface area (Å²) in [6.07, 6.45) is 1.76. The van der Waals surface area contributed by atoms with Crippen LogP contribution in [0.2, 0.25) is 0 Å². The van der Waals surface area contributed by atoms with Crippen LogP contribution in [0.25, 0.3) is 0 Å². The van der Waals surface area contributed by atoms with E-state index in [2.05, 4.69) is 15.5 Å². The molecule has 1 atom stereocenters. The third kappa shape index (κ3) is 5.41. The molecule has 178 valence electrons. The Kier molecular flexibility index (Phi) is 7.52. The molecule has 0 aliphatic carbocycles. The molecule has 8 nitrogen and oxygen atoms in total. The fourth-order valence-corrected chi connectivity index (χ4v) is 4.81. The van der Waals surface area contributed by atoms with Gasteiger partial charge >= 0.3 is 0 Å². The molecule has 34 heavy (non-hydrogen) atoms. The average Bonchev–Trinajstić information content (AvgIpc) is 3.45. The van der Waals surface area contributed by atoms with Crippen LogP contribution in [0.4, 0.5) is 5.69 Å². The average molecular weight is 480 g/mol. The van der Waals surface area contributed by atoms with Crippen LogP contribution in [0.5, 0.6) is 5.75 Å². The zero-order chi connectivity index (χ0) is 24.1. The Bertz CT molecular complexity index is 1160. The molecular weight excluding hydrogens is 450 g/mol. The van der Waals surface area contributed by atoms with Crippen LogP contribution in [0.15, 0.2) is 53.7 Å². The Labute approximate surface area is 203 Å². The van der Waals surface area contributed by atoms with Gasteiger partial charge in [0.25, 0.3) is 5.91 Å². The maximum atomic E-state index is 13.1. The minimum absolute atomic E-state index is 0.0122. The van der Waals surface area contributed by atoms with Gasteiger partial charge in [0.15, 0.2) is 11.0 Å². The van der Waals surface area contributed by atoms with Crippen molar-refractivity contribution in [1.29, 1.82) is 0 Å². The second-order valence-electron chi connectivity index (χ2n) is 8.22. The number of carbonyl (C=O) groups excluding carboxylic acids is 2. The minimum Gasteiger partial charge on any atom is -0.494 e. The largest absolute Gasteiger partial charge is 0.494 e. The molecule has 1 unspecified atom stereocenters. The first kappa shape index (κ1) is 23.8. The summed E-state index contributed by atoms with van der Waals surface area (Å²) in [5.41, 5.74) is 2.46. The van der Waals surface area contributed by atoms with Gasteiger partial charge in [-0.2, -0.15) is 0 Å². The van der Waals surface area contributed by atoms with Gasteiger partial charge in [0, 0.05) is 24.8 Å². The number of anilines is 1. The smallest absolute Gasteiger partial charge is 0.254 e. The SMILES string of the molecule is CCOc1ccc(NC(=O)CSc2nnc(C3CCCN3C(=O)c3cccc(C)c3)n2C)cc1. The highest BCUT2D eigenvalue weighted by molar-refractivity contribution is 7.99. The van der Waals surface area contributed by atoms with Crippen molar-refractivity contribution < 1.29 is 14.3 Å². The fourth-order valence-electron chi connectivity index (χ4n) is 4.09. The quantitative estimate of drug-likeness (QED) is 0.487. The van der Waals surface area contributed by atoms with E-state index in [0.29, 0.717) is 29.6 Å². The van der Waals surface area contributed by atoms with Crippen LogP contribution in [0, 0.1) is 6.92 Å². The number of ether oxygens (including phenoxy) is 1. The maximum Gasteiger partial charge on any atom is 0.254 e. The van der Waals surface area contributed by atoms with Crippen molar-refractivity contribution >= 4 is 29.3 Å². The van der Waals surface area contributed by atoms with Crippen molar-refractivity contribution in [1.82, 2.24) is 19.7 Å². The highest BCUT2D eigenvalue weighted by atomic mass is 32.2. The molecule has 1 fully saturated rings. The van der Waals surface area contributed by atoms with Crippen molar-refractivity contribution in [3.8, 4) is 5.75 Å². The maximum absolute atomic E-state index is 13.1. The van der Waals surface area contributed by atoms with Crippen LogP contribution in [-0.2, 0) is 11.8 Å². The van der Waals surface area contributed by atoms with Crippen molar-refractivity contribution in [2.45, 2.75) is 37.9 Å². The number of amides is 2. The molecule has 2 heterocycles. The van der Waals surface area contributed by atoms with Gasteiger partial charge in [-0.15, -0.1) is 10.2 Å². The van der Waals surface area contributed by atoms with Crippen LogP contribution < -0.4 is 10.1 Å². The first-order valence-electron chi connectivity index (χ1n) is 11.4. The molecule has 1 aliphatic rings. The molecule has 0 radical (unpaired) electrons. The number of aromatic nitrogens is 3. The summed E-state index contributed by atoms with van der Waals surface area (Å²) in [7, 11) is 1.88. The van der Waals surface area contributed by atoms with Crippen LogP contribution in [-0.4, -0.2) is 50.4 Å². The normalized spacial score (nSPS) is 15.4. The molecule has 0 spiro atoms. The van der Waals surface area contributed by atoms with Gasteiger partial charge in [-0.1, -0.05) is 29.5 Å². The Morgan fingerprint density at radius 2 is 1.97 bits per heavy atom. The highest BCUT2D eigenvalue weighted by Gasteiger charge is 2.34. The second kappa shape index (κ2) is 10.7. The summed E-state index contributed by atoms with van der Waals surface area (Å²) in [6.45, 7) is 5.20. The number of benzene rings is 2. The first-order valence-corrected chi connectivity index (χ1v) is 12.4. The third-order valence-electron chi connectivity index (χ3n) is 5.73. The molecule has 0 bridgehead atoms. The lowest BCUT2D eigenvalue weighted by molar-refractivity contribution is -0.113. The van der Waals surface area contributed by atoms with Gasteiger partial charge in [0.05, 0.1) is 18.4 Å². The van der Waals surface area contributed by atoms with E-state index in [4.69, 9.17) is 4.74 Å². The van der Waals surface area contributed by atoms with Crippen molar-refractivity contribution in [3.05, 3.63) is 65.5 Å². The molecule has 4 rings (SSSR count). The number of hydrogen-bond acceptors (Lipinski definition) is 6. The fraction of sp³-hybridized carbons (Fsp3) is 0.360. The number of thioether (sulfide) groups is 1. The lowest BCUT2D eigenvalue weighted by Gasteiger charge is -2.24. The first-order chi connectivity index (χ1) is 16.5. The number of aryl methyl sites for hydroxylation is 1. The van der Waals surface area contributed by atoms with Crippen molar-refractivity contribution in [3.63, 3.8) is 0 Å². The van der Waals surface area contributed by atoms with Crippen molar-refractivity contribution in [2.75, 3.05) is 24.2 Å². The number of hydrogen-bond donors (Lipinski definition) is 1. The molecule has 0 saturated carbocycles. The lowest BCUT2D eigenvalue weighted by atomic mass is 10.1. The second-order valence-corrected chi connectivity index (χ2v) is 9.16. The van der Waals surface area contributed by atoms with E-state index >= 15 is 0 Å². The molecular formula is C25H29N5O3S. The van der Waals surface area contributed by atoms with E-state index < -0.39 is 0 Å².